The second-order valence-corrected chi connectivity index (χ2v) is 14.7. The van der Waals surface area contributed by atoms with Gasteiger partial charge in [0.1, 0.15) is 18.3 Å². The lowest BCUT2D eigenvalue weighted by atomic mass is 10.0. The van der Waals surface area contributed by atoms with Gasteiger partial charge in [-0.05, 0) is 103 Å². The summed E-state index contributed by atoms with van der Waals surface area (Å²) >= 11 is 2.15. The highest BCUT2D eigenvalue weighted by Crippen LogP contribution is 2.26. The third-order valence-electron chi connectivity index (χ3n) is 6.98. The molecule has 45 heavy (non-hydrogen) atoms. The molecule has 10 heteroatoms. The minimum Gasteiger partial charge on any atom is -0.497 e. The van der Waals surface area contributed by atoms with Gasteiger partial charge >= 0.3 is 0 Å². The summed E-state index contributed by atoms with van der Waals surface area (Å²) in [5, 5.41) is 3.04. The van der Waals surface area contributed by atoms with Gasteiger partial charge in [-0.15, -0.1) is 0 Å². The number of carbonyl (C=O) groups is 2. The minimum atomic E-state index is -4.15. The van der Waals surface area contributed by atoms with Crippen molar-refractivity contribution >= 4 is 50.1 Å². The van der Waals surface area contributed by atoms with Gasteiger partial charge in [0.25, 0.3) is 10.0 Å². The Hall–Kier alpha value is -3.90. The molecule has 0 aliphatic rings. The Morgan fingerprint density at radius 3 is 2.04 bits per heavy atom. The van der Waals surface area contributed by atoms with E-state index in [2.05, 4.69) is 27.9 Å². The van der Waals surface area contributed by atoms with Crippen molar-refractivity contribution in [2.75, 3.05) is 18.0 Å². The van der Waals surface area contributed by atoms with Gasteiger partial charge in [-0.2, -0.15) is 0 Å². The smallest absolute Gasteiger partial charge is 0.264 e. The lowest BCUT2D eigenvalue weighted by Crippen LogP contribution is -2.56. The monoisotopic (exact) mass is 739 g/mol. The number of nitrogens with one attached hydrogen (secondary N) is 1. The molecule has 0 unspecified atom stereocenters. The Labute approximate surface area is 279 Å². The highest BCUT2D eigenvalue weighted by molar-refractivity contribution is 14.1. The van der Waals surface area contributed by atoms with E-state index >= 15 is 0 Å². The molecule has 1 atom stereocenters. The maximum Gasteiger partial charge on any atom is 0.264 e. The number of sulfonamides is 1. The van der Waals surface area contributed by atoms with E-state index in [1.807, 2.05) is 63.2 Å². The highest BCUT2D eigenvalue weighted by Gasteiger charge is 2.35. The van der Waals surface area contributed by atoms with Crippen LogP contribution in [0, 0.1) is 3.57 Å². The maximum atomic E-state index is 14.5. The average molecular weight is 740 g/mol. The van der Waals surface area contributed by atoms with Crippen LogP contribution in [0.25, 0.3) is 0 Å². The standard InChI is InChI=1S/C35H38IN3O5S/c1-35(2,3)37-34(41)32(23-26-12-7-5-8-13-26)38(24-27-14-11-15-30(22-27)44-4)33(40)25-39(29-20-18-28(36)19-21-29)45(42,43)31-16-9-6-10-17-31/h5-22,32H,23-25H2,1-4H3,(H,37,41)/t32-/m0/s1. The molecule has 4 rings (SSSR count). The van der Waals surface area contributed by atoms with Crippen molar-refractivity contribution in [2.45, 2.75) is 50.2 Å². The Bertz CT molecular complexity index is 1690. The second kappa shape index (κ2) is 14.9. The van der Waals surface area contributed by atoms with E-state index in [1.54, 1.807) is 61.7 Å². The van der Waals surface area contributed by atoms with Gasteiger partial charge in [-0.25, -0.2) is 8.42 Å². The lowest BCUT2D eigenvalue weighted by molar-refractivity contribution is -0.140. The van der Waals surface area contributed by atoms with Crippen molar-refractivity contribution in [1.29, 1.82) is 0 Å². The Kier molecular flexibility index (Phi) is 11.3. The fraction of sp³-hybridized carbons (Fsp3) is 0.257. The van der Waals surface area contributed by atoms with Gasteiger partial charge in [-0.3, -0.25) is 13.9 Å². The van der Waals surface area contributed by atoms with Crippen LogP contribution in [-0.4, -0.2) is 50.4 Å². The first-order valence-corrected chi connectivity index (χ1v) is 17.0. The fourth-order valence-electron chi connectivity index (χ4n) is 4.83. The SMILES string of the molecule is COc1cccc(CN(C(=O)CN(c2ccc(I)cc2)S(=O)(=O)c2ccccc2)[C@@H](Cc2ccccc2)C(=O)NC(C)(C)C)c1. The van der Waals surface area contributed by atoms with Crippen molar-refractivity contribution in [3.8, 4) is 5.75 Å². The summed E-state index contributed by atoms with van der Waals surface area (Å²) in [7, 11) is -2.59. The molecule has 0 saturated carbocycles. The fourth-order valence-corrected chi connectivity index (χ4v) is 6.62. The molecule has 0 saturated heterocycles. The molecular weight excluding hydrogens is 701 g/mol. The molecule has 0 bridgehead atoms. The summed E-state index contributed by atoms with van der Waals surface area (Å²) in [6, 6.07) is 30.7. The van der Waals surface area contributed by atoms with Crippen LogP contribution in [0.15, 0.2) is 114 Å². The molecule has 0 radical (unpaired) electrons. The van der Waals surface area contributed by atoms with E-state index in [0.717, 1.165) is 19.0 Å². The lowest BCUT2D eigenvalue weighted by Gasteiger charge is -2.35. The number of carbonyl (C=O) groups excluding carboxylic acids is 2. The van der Waals surface area contributed by atoms with Crippen LogP contribution >= 0.6 is 22.6 Å². The Morgan fingerprint density at radius 1 is 0.844 bits per heavy atom. The summed E-state index contributed by atoms with van der Waals surface area (Å²) in [6.07, 6.45) is 0.230. The van der Waals surface area contributed by atoms with Crippen LogP contribution in [0.5, 0.6) is 5.75 Å². The van der Waals surface area contributed by atoms with E-state index in [0.29, 0.717) is 11.4 Å². The van der Waals surface area contributed by atoms with Gasteiger partial charge < -0.3 is 15.0 Å². The maximum absolute atomic E-state index is 14.5. The third kappa shape index (κ3) is 9.30. The summed E-state index contributed by atoms with van der Waals surface area (Å²) in [4.78, 5) is 30.0. The number of amides is 2. The van der Waals surface area contributed by atoms with Gasteiger partial charge in [0, 0.05) is 22.1 Å². The van der Waals surface area contributed by atoms with Crippen LogP contribution in [-0.2, 0) is 32.6 Å². The Morgan fingerprint density at radius 2 is 1.44 bits per heavy atom. The zero-order chi connectivity index (χ0) is 32.6. The Balaban J connectivity index is 1.82. The number of methoxy groups -OCH3 is 1. The molecule has 236 valence electrons. The van der Waals surface area contributed by atoms with Gasteiger partial charge in [0.15, 0.2) is 0 Å². The number of halogens is 1. The predicted molar refractivity (Wildman–Crippen MR) is 186 cm³/mol. The first-order chi connectivity index (χ1) is 21.4. The minimum absolute atomic E-state index is 0.0526. The molecule has 0 spiro atoms. The average Bonchev–Trinajstić information content (AvgIpc) is 3.02. The molecule has 0 fully saturated rings. The number of rotatable bonds is 12. The van der Waals surface area contributed by atoms with Crippen molar-refractivity contribution in [3.63, 3.8) is 0 Å². The first kappa shape index (κ1) is 34.0. The molecule has 1 N–H and O–H groups in total. The van der Waals surface area contributed by atoms with E-state index in [9.17, 15) is 18.0 Å². The number of hydrogen-bond donors (Lipinski definition) is 1. The third-order valence-corrected chi connectivity index (χ3v) is 9.49. The van der Waals surface area contributed by atoms with Gasteiger partial charge in [0.05, 0.1) is 17.7 Å². The van der Waals surface area contributed by atoms with Crippen LogP contribution in [0.3, 0.4) is 0 Å². The molecule has 0 heterocycles. The van der Waals surface area contributed by atoms with E-state index in [4.69, 9.17) is 4.74 Å². The second-order valence-electron chi connectivity index (χ2n) is 11.6. The molecule has 8 nitrogen and oxygen atoms in total. The number of nitrogens with zero attached hydrogens (tertiary/aromatic N) is 2. The largest absolute Gasteiger partial charge is 0.497 e. The molecule has 0 aliphatic heterocycles. The predicted octanol–water partition coefficient (Wildman–Crippen LogP) is 6.05. The zero-order valence-electron chi connectivity index (χ0n) is 25.8. The number of benzene rings is 4. The summed E-state index contributed by atoms with van der Waals surface area (Å²) in [6.45, 7) is 5.17. The molecule has 0 aliphatic carbocycles. The van der Waals surface area contributed by atoms with Crippen LogP contribution in [0.1, 0.15) is 31.9 Å². The van der Waals surface area contributed by atoms with E-state index in [1.165, 1.54) is 17.0 Å². The molecule has 4 aromatic rings. The van der Waals surface area contributed by atoms with Crippen LogP contribution in [0.2, 0.25) is 0 Å². The molecule has 4 aromatic carbocycles. The van der Waals surface area contributed by atoms with Crippen LogP contribution in [0.4, 0.5) is 5.69 Å². The number of ether oxygens (including phenoxy) is 1. The van der Waals surface area contributed by atoms with Gasteiger partial charge in [0.2, 0.25) is 11.8 Å². The molecular formula is C35H38IN3O5S. The zero-order valence-corrected chi connectivity index (χ0v) is 28.8. The normalized spacial score (nSPS) is 12.2. The van der Waals surface area contributed by atoms with Crippen molar-refractivity contribution in [2.24, 2.45) is 0 Å². The number of anilines is 1. The van der Waals surface area contributed by atoms with Gasteiger partial charge in [-0.1, -0.05) is 60.7 Å². The van der Waals surface area contributed by atoms with Crippen LogP contribution < -0.4 is 14.4 Å². The summed E-state index contributed by atoms with van der Waals surface area (Å²) in [5.74, 6) is -0.263. The van der Waals surface area contributed by atoms with Crippen molar-refractivity contribution < 1.29 is 22.7 Å². The quantitative estimate of drug-likeness (QED) is 0.179. The first-order valence-electron chi connectivity index (χ1n) is 14.5. The topological polar surface area (TPSA) is 96.0 Å². The number of hydrogen-bond acceptors (Lipinski definition) is 5. The van der Waals surface area contributed by atoms with Crippen molar-refractivity contribution in [1.82, 2.24) is 10.2 Å². The summed E-state index contributed by atoms with van der Waals surface area (Å²) in [5.41, 5.74) is 1.37. The summed E-state index contributed by atoms with van der Waals surface area (Å²) < 4.78 is 35.6. The van der Waals surface area contributed by atoms with E-state index in [-0.39, 0.29) is 23.8 Å². The molecule has 2 amide bonds. The molecule has 0 aromatic heterocycles. The van der Waals surface area contributed by atoms with E-state index < -0.39 is 34.1 Å². The highest BCUT2D eigenvalue weighted by atomic mass is 127. The van der Waals surface area contributed by atoms with Crippen molar-refractivity contribution in [3.05, 3.63) is 124 Å².